The average Bonchev–Trinajstić information content (AvgIpc) is 2.03. The lowest BCUT2D eigenvalue weighted by Gasteiger charge is -2.17. The lowest BCUT2D eigenvalue weighted by molar-refractivity contribution is 0.0786. The van der Waals surface area contributed by atoms with Gasteiger partial charge in [-0.3, -0.25) is 0 Å². The van der Waals surface area contributed by atoms with Gasteiger partial charge < -0.3 is 5.11 Å². The van der Waals surface area contributed by atoms with Crippen LogP contribution in [-0.4, -0.2) is 5.11 Å². The first-order chi connectivity index (χ1) is 5.54. The minimum atomic E-state index is -0.838. The maximum Gasteiger partial charge on any atom is 0.115 e. The summed E-state index contributed by atoms with van der Waals surface area (Å²) < 4.78 is 12.1. The molecule has 0 bridgehead atoms. The highest BCUT2D eigenvalue weighted by molar-refractivity contribution is 5.25. The molecular weight excluding hydrogens is 155 g/mol. The van der Waals surface area contributed by atoms with Crippen molar-refractivity contribution in [3.63, 3.8) is 0 Å². The molecule has 0 amide bonds. The minimum Gasteiger partial charge on any atom is -0.386 e. The Bertz CT molecular complexity index is 246. The summed E-state index contributed by atoms with van der Waals surface area (Å²) >= 11 is 0. The smallest absolute Gasteiger partial charge is 0.115 e. The Labute approximate surface area is 71.9 Å². The number of hydrogen-bond acceptors (Lipinski definition) is 1. The van der Waals surface area contributed by atoms with Crippen molar-refractivity contribution in [2.45, 2.75) is 26.1 Å². The van der Waals surface area contributed by atoms with Crippen molar-refractivity contribution in [1.82, 2.24) is 0 Å². The summed E-state index contributed by atoms with van der Waals surface area (Å²) in [6.07, 6.45) is 0. The van der Waals surface area contributed by atoms with Gasteiger partial charge in [-0.05, 0) is 25.0 Å². The van der Waals surface area contributed by atoms with Gasteiger partial charge in [0.2, 0.25) is 0 Å². The Balaban J connectivity index is 2.93. The molecule has 12 heavy (non-hydrogen) atoms. The van der Waals surface area contributed by atoms with Crippen LogP contribution in [0.3, 0.4) is 0 Å². The average molecular weight is 168 g/mol. The second-order valence-corrected chi connectivity index (χ2v) is 3.39. The van der Waals surface area contributed by atoms with Crippen molar-refractivity contribution < 1.29 is 9.50 Å². The third kappa shape index (κ3) is 2.05. The van der Waals surface area contributed by atoms with Crippen LogP contribution in [0, 0.1) is 0 Å². The number of aliphatic hydroxyl groups is 1. The molecule has 1 nitrogen and oxygen atoms in total. The van der Waals surface area contributed by atoms with Gasteiger partial charge in [-0.1, -0.05) is 24.3 Å². The Morgan fingerprint density at radius 2 is 1.75 bits per heavy atom. The Morgan fingerprint density at radius 1 is 1.25 bits per heavy atom. The summed E-state index contributed by atoms with van der Waals surface area (Å²) in [6, 6.07) is 6.87. The van der Waals surface area contributed by atoms with Gasteiger partial charge in [-0.25, -0.2) is 4.39 Å². The molecule has 0 saturated carbocycles. The van der Waals surface area contributed by atoms with Crippen LogP contribution < -0.4 is 0 Å². The minimum absolute atomic E-state index is 0.452. The predicted octanol–water partition coefficient (Wildman–Crippen LogP) is 2.38. The molecule has 0 aliphatic rings. The highest BCUT2D eigenvalue weighted by Gasteiger charge is 2.14. The molecule has 0 radical (unpaired) electrons. The summed E-state index contributed by atoms with van der Waals surface area (Å²) in [7, 11) is 0. The van der Waals surface area contributed by atoms with Gasteiger partial charge in [-0.2, -0.15) is 0 Å². The molecule has 1 rings (SSSR count). The Hall–Kier alpha value is -0.890. The molecular formula is C10H13FO. The van der Waals surface area contributed by atoms with Crippen LogP contribution >= 0.6 is 0 Å². The SMILES string of the molecule is CC(C)(O)c1ccc(CF)cc1. The molecule has 0 atom stereocenters. The second-order valence-electron chi connectivity index (χ2n) is 3.39. The number of halogens is 1. The van der Waals surface area contributed by atoms with Crippen molar-refractivity contribution in [3.05, 3.63) is 35.4 Å². The van der Waals surface area contributed by atoms with E-state index in [0.717, 1.165) is 5.56 Å². The zero-order chi connectivity index (χ0) is 9.19. The fraction of sp³-hybridized carbons (Fsp3) is 0.400. The van der Waals surface area contributed by atoms with Gasteiger partial charge >= 0.3 is 0 Å². The molecule has 0 unspecified atom stereocenters. The highest BCUT2D eigenvalue weighted by Crippen LogP contribution is 2.19. The summed E-state index contributed by atoms with van der Waals surface area (Å²) in [6.45, 7) is 2.96. The number of benzene rings is 1. The molecule has 0 fully saturated rings. The molecule has 0 saturated heterocycles. The summed E-state index contributed by atoms with van der Waals surface area (Å²) in [5, 5.41) is 9.56. The first-order valence-corrected chi connectivity index (χ1v) is 3.92. The van der Waals surface area contributed by atoms with E-state index in [1.54, 1.807) is 38.1 Å². The molecule has 66 valence electrons. The largest absolute Gasteiger partial charge is 0.386 e. The van der Waals surface area contributed by atoms with E-state index in [-0.39, 0.29) is 0 Å². The van der Waals surface area contributed by atoms with Crippen LogP contribution in [0.25, 0.3) is 0 Å². The van der Waals surface area contributed by atoms with E-state index in [9.17, 15) is 9.50 Å². The number of rotatable bonds is 2. The molecule has 1 N–H and O–H groups in total. The van der Waals surface area contributed by atoms with Gasteiger partial charge in [0.15, 0.2) is 0 Å². The molecule has 0 spiro atoms. The fourth-order valence-electron chi connectivity index (χ4n) is 1.00. The zero-order valence-corrected chi connectivity index (χ0v) is 7.34. The molecule has 1 aromatic carbocycles. The van der Waals surface area contributed by atoms with Gasteiger partial charge in [0.1, 0.15) is 6.67 Å². The van der Waals surface area contributed by atoms with Gasteiger partial charge in [-0.15, -0.1) is 0 Å². The molecule has 0 aliphatic heterocycles. The van der Waals surface area contributed by atoms with Gasteiger partial charge in [0.05, 0.1) is 5.60 Å². The molecule has 1 aromatic rings. The Morgan fingerprint density at radius 3 is 2.08 bits per heavy atom. The van der Waals surface area contributed by atoms with Crippen LogP contribution in [0.1, 0.15) is 25.0 Å². The molecule has 0 aliphatic carbocycles. The van der Waals surface area contributed by atoms with Crippen molar-refractivity contribution in [3.8, 4) is 0 Å². The molecule has 2 heteroatoms. The van der Waals surface area contributed by atoms with Crippen molar-refractivity contribution in [2.24, 2.45) is 0 Å². The van der Waals surface area contributed by atoms with E-state index in [2.05, 4.69) is 0 Å². The molecule has 0 aromatic heterocycles. The monoisotopic (exact) mass is 168 g/mol. The summed E-state index contributed by atoms with van der Waals surface area (Å²) in [5.74, 6) is 0. The zero-order valence-electron chi connectivity index (χ0n) is 7.34. The maximum atomic E-state index is 12.1. The highest BCUT2D eigenvalue weighted by atomic mass is 19.1. The van der Waals surface area contributed by atoms with Crippen molar-refractivity contribution >= 4 is 0 Å². The fourth-order valence-corrected chi connectivity index (χ4v) is 1.00. The quantitative estimate of drug-likeness (QED) is 0.718. The maximum absolute atomic E-state index is 12.1. The van der Waals surface area contributed by atoms with Crippen molar-refractivity contribution in [1.29, 1.82) is 0 Å². The Kier molecular flexibility index (Phi) is 2.48. The first kappa shape index (κ1) is 9.20. The number of hydrogen-bond donors (Lipinski definition) is 1. The third-order valence-corrected chi connectivity index (χ3v) is 1.81. The van der Waals surface area contributed by atoms with Gasteiger partial charge in [0, 0.05) is 0 Å². The van der Waals surface area contributed by atoms with Gasteiger partial charge in [0.25, 0.3) is 0 Å². The predicted molar refractivity (Wildman–Crippen MR) is 46.5 cm³/mol. The molecule has 0 heterocycles. The van der Waals surface area contributed by atoms with E-state index in [4.69, 9.17) is 0 Å². The van der Waals surface area contributed by atoms with Crippen molar-refractivity contribution in [2.75, 3.05) is 0 Å². The van der Waals surface area contributed by atoms with Crippen LogP contribution in [0.5, 0.6) is 0 Å². The van der Waals surface area contributed by atoms with Crippen LogP contribution in [0.15, 0.2) is 24.3 Å². The summed E-state index contributed by atoms with van der Waals surface area (Å²) in [4.78, 5) is 0. The third-order valence-electron chi connectivity index (χ3n) is 1.81. The second kappa shape index (κ2) is 3.23. The normalized spacial score (nSPS) is 11.7. The van der Waals surface area contributed by atoms with E-state index in [1.807, 2.05) is 0 Å². The first-order valence-electron chi connectivity index (χ1n) is 3.92. The van der Waals surface area contributed by atoms with E-state index in [0.29, 0.717) is 5.56 Å². The van der Waals surface area contributed by atoms with E-state index >= 15 is 0 Å². The van der Waals surface area contributed by atoms with Crippen LogP contribution in [0.2, 0.25) is 0 Å². The standard InChI is InChI=1S/C10H13FO/c1-10(2,12)9-5-3-8(7-11)4-6-9/h3-6,12H,7H2,1-2H3. The topological polar surface area (TPSA) is 20.2 Å². The van der Waals surface area contributed by atoms with Crippen LogP contribution in [-0.2, 0) is 12.3 Å². The lowest BCUT2D eigenvalue weighted by atomic mass is 9.98. The van der Waals surface area contributed by atoms with E-state index < -0.39 is 12.3 Å². The van der Waals surface area contributed by atoms with Crippen LogP contribution in [0.4, 0.5) is 4.39 Å². The lowest BCUT2D eigenvalue weighted by Crippen LogP contribution is -2.14. The number of alkyl halides is 1. The summed E-state index contributed by atoms with van der Waals surface area (Å²) in [5.41, 5.74) is 0.608. The van der Waals surface area contributed by atoms with E-state index in [1.165, 1.54) is 0 Å².